The first-order chi connectivity index (χ1) is 12.5. The van der Waals surface area contributed by atoms with E-state index < -0.39 is 0 Å². The zero-order valence-corrected chi connectivity index (χ0v) is 16.7. The summed E-state index contributed by atoms with van der Waals surface area (Å²) in [5.74, 6) is -0.206. The standard InChI is InChI=1S/C18H23N5O2S.ClH/c1-11(20-17(24)15-10-26-16(23-15)8-9-19)12-2-4-13(5-3-12)21-18(25)22-14-6-7-14;/h2-5,10-11,14H,6-9,19H2,1H3,(H,20,24)(H2,21,22,25);1H. The Labute approximate surface area is 168 Å². The molecule has 1 aliphatic carbocycles. The lowest BCUT2D eigenvalue weighted by Crippen LogP contribution is -2.30. The zero-order valence-electron chi connectivity index (χ0n) is 15.0. The first kappa shape index (κ1) is 21.1. The smallest absolute Gasteiger partial charge is 0.319 e. The highest BCUT2D eigenvalue weighted by Gasteiger charge is 2.23. The summed E-state index contributed by atoms with van der Waals surface area (Å²) in [6.45, 7) is 2.43. The molecule has 1 saturated carbocycles. The molecule has 1 aromatic heterocycles. The van der Waals surface area contributed by atoms with Gasteiger partial charge in [0.25, 0.3) is 5.91 Å². The van der Waals surface area contributed by atoms with Gasteiger partial charge in [0.15, 0.2) is 0 Å². The van der Waals surface area contributed by atoms with Crippen LogP contribution in [0.4, 0.5) is 10.5 Å². The molecule has 146 valence electrons. The van der Waals surface area contributed by atoms with E-state index >= 15 is 0 Å². The first-order valence-corrected chi connectivity index (χ1v) is 9.56. The second-order valence-corrected chi connectivity index (χ2v) is 7.30. The third-order valence-corrected chi connectivity index (χ3v) is 4.98. The Morgan fingerprint density at radius 2 is 2.00 bits per heavy atom. The summed E-state index contributed by atoms with van der Waals surface area (Å²) in [6, 6.07) is 7.40. The maximum absolute atomic E-state index is 12.3. The van der Waals surface area contributed by atoms with Crippen molar-refractivity contribution in [2.24, 2.45) is 5.73 Å². The summed E-state index contributed by atoms with van der Waals surface area (Å²) in [5.41, 5.74) is 7.59. The number of nitrogens with two attached hydrogens (primary N) is 1. The molecule has 0 bridgehead atoms. The molecule has 1 aliphatic rings. The molecular weight excluding hydrogens is 386 g/mol. The molecule has 1 unspecified atom stereocenters. The minimum atomic E-state index is -0.206. The molecule has 0 spiro atoms. The van der Waals surface area contributed by atoms with Crippen molar-refractivity contribution >= 4 is 41.4 Å². The van der Waals surface area contributed by atoms with Gasteiger partial charge in [-0.05, 0) is 44.0 Å². The highest BCUT2D eigenvalue weighted by molar-refractivity contribution is 7.09. The fraction of sp³-hybridized carbons (Fsp3) is 0.389. The Morgan fingerprint density at radius 1 is 1.30 bits per heavy atom. The molecule has 1 aromatic carbocycles. The van der Waals surface area contributed by atoms with E-state index in [2.05, 4.69) is 20.9 Å². The van der Waals surface area contributed by atoms with Crippen LogP contribution in [0.25, 0.3) is 0 Å². The van der Waals surface area contributed by atoms with Gasteiger partial charge in [-0.2, -0.15) is 0 Å². The van der Waals surface area contributed by atoms with Crippen molar-refractivity contribution < 1.29 is 9.59 Å². The second kappa shape index (κ2) is 9.68. The van der Waals surface area contributed by atoms with Gasteiger partial charge in [0.05, 0.1) is 11.0 Å². The largest absolute Gasteiger partial charge is 0.344 e. The summed E-state index contributed by atoms with van der Waals surface area (Å²) in [4.78, 5) is 28.3. The van der Waals surface area contributed by atoms with Crippen molar-refractivity contribution in [3.8, 4) is 0 Å². The molecule has 1 fully saturated rings. The monoisotopic (exact) mass is 409 g/mol. The van der Waals surface area contributed by atoms with Crippen LogP contribution in [-0.4, -0.2) is 29.5 Å². The van der Waals surface area contributed by atoms with Crippen LogP contribution in [0.1, 0.15) is 46.9 Å². The van der Waals surface area contributed by atoms with Gasteiger partial charge in [0.1, 0.15) is 5.69 Å². The number of nitrogens with one attached hydrogen (secondary N) is 3. The Hall–Kier alpha value is -2.16. The summed E-state index contributed by atoms with van der Waals surface area (Å²) in [6.07, 6.45) is 2.78. The number of thiazole rings is 1. The molecule has 3 rings (SSSR count). The van der Waals surface area contributed by atoms with Gasteiger partial charge in [-0.3, -0.25) is 4.79 Å². The van der Waals surface area contributed by atoms with Gasteiger partial charge in [-0.1, -0.05) is 12.1 Å². The van der Waals surface area contributed by atoms with Crippen LogP contribution in [0.3, 0.4) is 0 Å². The van der Waals surface area contributed by atoms with Crippen LogP contribution in [0, 0.1) is 0 Å². The molecule has 0 saturated heterocycles. The number of hydrogen-bond acceptors (Lipinski definition) is 5. The number of aromatic nitrogens is 1. The van der Waals surface area contributed by atoms with Crippen LogP contribution < -0.4 is 21.7 Å². The van der Waals surface area contributed by atoms with Crippen molar-refractivity contribution in [1.29, 1.82) is 0 Å². The maximum Gasteiger partial charge on any atom is 0.319 e. The molecule has 0 aliphatic heterocycles. The molecule has 0 radical (unpaired) electrons. The Morgan fingerprint density at radius 3 is 2.63 bits per heavy atom. The summed E-state index contributed by atoms with van der Waals surface area (Å²) in [7, 11) is 0. The second-order valence-electron chi connectivity index (χ2n) is 6.36. The maximum atomic E-state index is 12.3. The lowest BCUT2D eigenvalue weighted by atomic mass is 10.1. The Balaban J connectivity index is 0.00000261. The molecule has 2 aromatic rings. The van der Waals surface area contributed by atoms with Crippen molar-refractivity contribution in [3.05, 3.63) is 45.9 Å². The fourth-order valence-corrected chi connectivity index (χ4v) is 3.24. The number of amides is 3. The Bertz CT molecular complexity index is 776. The van der Waals surface area contributed by atoms with Crippen molar-refractivity contribution in [2.75, 3.05) is 11.9 Å². The van der Waals surface area contributed by atoms with Crippen LogP contribution in [0.15, 0.2) is 29.6 Å². The van der Waals surface area contributed by atoms with Crippen LogP contribution >= 0.6 is 23.7 Å². The van der Waals surface area contributed by atoms with Crippen molar-refractivity contribution in [1.82, 2.24) is 15.6 Å². The van der Waals surface area contributed by atoms with E-state index in [0.717, 1.165) is 29.1 Å². The molecule has 27 heavy (non-hydrogen) atoms. The molecular formula is C18H24ClN5O2S. The lowest BCUT2D eigenvalue weighted by molar-refractivity contribution is 0.0935. The summed E-state index contributed by atoms with van der Waals surface area (Å²) >= 11 is 1.44. The first-order valence-electron chi connectivity index (χ1n) is 8.68. The van der Waals surface area contributed by atoms with E-state index in [-0.39, 0.29) is 30.4 Å². The number of carbonyl (C=O) groups is 2. The molecule has 7 nitrogen and oxygen atoms in total. The van der Waals surface area contributed by atoms with E-state index in [9.17, 15) is 9.59 Å². The van der Waals surface area contributed by atoms with Gasteiger partial charge in [0.2, 0.25) is 0 Å². The number of hydrogen-bond donors (Lipinski definition) is 4. The number of anilines is 1. The number of urea groups is 1. The summed E-state index contributed by atoms with van der Waals surface area (Å²) in [5, 5.41) is 11.2. The van der Waals surface area contributed by atoms with Crippen LogP contribution in [-0.2, 0) is 6.42 Å². The van der Waals surface area contributed by atoms with Crippen LogP contribution in [0.5, 0.6) is 0 Å². The van der Waals surface area contributed by atoms with Crippen molar-refractivity contribution in [3.63, 3.8) is 0 Å². The average molecular weight is 410 g/mol. The number of benzene rings is 1. The molecule has 9 heteroatoms. The minimum absolute atomic E-state index is 0. The number of carbonyl (C=O) groups excluding carboxylic acids is 2. The van der Waals surface area contributed by atoms with Gasteiger partial charge in [-0.15, -0.1) is 23.7 Å². The highest BCUT2D eigenvalue weighted by Crippen LogP contribution is 2.20. The van der Waals surface area contributed by atoms with Gasteiger partial charge >= 0.3 is 6.03 Å². The number of nitrogens with zero attached hydrogens (tertiary/aromatic N) is 1. The van der Waals surface area contributed by atoms with Gasteiger partial charge in [-0.25, -0.2) is 9.78 Å². The minimum Gasteiger partial charge on any atom is -0.344 e. The predicted octanol–water partition coefficient (Wildman–Crippen LogP) is 2.84. The molecule has 1 atom stereocenters. The highest BCUT2D eigenvalue weighted by atomic mass is 35.5. The van der Waals surface area contributed by atoms with E-state index in [1.165, 1.54) is 11.3 Å². The Kier molecular flexibility index (Phi) is 7.58. The topological polar surface area (TPSA) is 109 Å². The zero-order chi connectivity index (χ0) is 18.5. The normalized spacial score (nSPS) is 14.0. The number of halogens is 1. The number of rotatable bonds is 7. The van der Waals surface area contributed by atoms with Crippen molar-refractivity contribution in [2.45, 2.75) is 38.3 Å². The third kappa shape index (κ3) is 6.20. The van der Waals surface area contributed by atoms with E-state index in [0.29, 0.717) is 24.7 Å². The fourth-order valence-electron chi connectivity index (χ4n) is 2.44. The van der Waals surface area contributed by atoms with E-state index in [1.807, 2.05) is 31.2 Å². The molecule has 5 N–H and O–H groups in total. The van der Waals surface area contributed by atoms with Gasteiger partial charge < -0.3 is 21.7 Å². The quantitative estimate of drug-likeness (QED) is 0.563. The van der Waals surface area contributed by atoms with Crippen LogP contribution in [0.2, 0.25) is 0 Å². The lowest BCUT2D eigenvalue weighted by Gasteiger charge is -2.14. The van der Waals surface area contributed by atoms with Gasteiger partial charge in [0, 0.05) is 23.5 Å². The SMILES string of the molecule is CC(NC(=O)c1csc(CCN)n1)c1ccc(NC(=O)NC2CC2)cc1.Cl. The predicted molar refractivity (Wildman–Crippen MR) is 110 cm³/mol. The molecule has 3 amide bonds. The third-order valence-electron chi connectivity index (χ3n) is 4.07. The average Bonchev–Trinajstić information content (AvgIpc) is 3.30. The summed E-state index contributed by atoms with van der Waals surface area (Å²) < 4.78 is 0. The molecule has 1 heterocycles. The van der Waals surface area contributed by atoms with E-state index in [1.54, 1.807) is 5.38 Å². The van der Waals surface area contributed by atoms with E-state index in [4.69, 9.17) is 5.73 Å².